The van der Waals surface area contributed by atoms with Crippen LogP contribution in [0.5, 0.6) is 0 Å². The minimum atomic E-state index is -1.19. The van der Waals surface area contributed by atoms with Crippen LogP contribution in [0.1, 0.15) is 29.9 Å². The highest BCUT2D eigenvalue weighted by Gasteiger charge is 2.49. The van der Waals surface area contributed by atoms with Crippen LogP contribution in [0, 0.1) is 0 Å². The number of nitrogens with zero attached hydrogens (tertiary/aromatic N) is 2. The summed E-state index contributed by atoms with van der Waals surface area (Å²) in [5, 5.41) is 4.79. The van der Waals surface area contributed by atoms with Gasteiger partial charge in [-0.25, -0.2) is 4.79 Å². The number of thiophene rings is 1. The van der Waals surface area contributed by atoms with Crippen molar-refractivity contribution in [2.24, 2.45) is 0 Å². The zero-order valence-electron chi connectivity index (χ0n) is 18.7. The number of amides is 4. The predicted octanol–water partition coefficient (Wildman–Crippen LogP) is 4.18. The summed E-state index contributed by atoms with van der Waals surface area (Å²) >= 11 is 1.65. The number of carbonyl (C=O) groups is 3. The Bertz CT molecular complexity index is 1120. The van der Waals surface area contributed by atoms with Gasteiger partial charge in [-0.3, -0.25) is 14.5 Å². The van der Waals surface area contributed by atoms with Gasteiger partial charge < -0.3 is 10.2 Å². The van der Waals surface area contributed by atoms with Crippen molar-refractivity contribution in [1.29, 1.82) is 0 Å². The van der Waals surface area contributed by atoms with E-state index in [1.807, 2.05) is 66.9 Å². The molecule has 2 aromatic carbocycles. The van der Waals surface area contributed by atoms with E-state index < -0.39 is 17.5 Å². The third-order valence-corrected chi connectivity index (χ3v) is 6.94. The van der Waals surface area contributed by atoms with Crippen LogP contribution in [-0.4, -0.2) is 40.2 Å². The minimum Gasteiger partial charge on any atom is -0.334 e. The second-order valence-electron chi connectivity index (χ2n) is 8.45. The lowest BCUT2D eigenvalue weighted by Gasteiger charge is -2.31. The molecule has 7 heteroatoms. The number of urea groups is 1. The maximum Gasteiger partial charge on any atom is 0.325 e. The summed E-state index contributed by atoms with van der Waals surface area (Å²) < 4.78 is 0. The van der Waals surface area contributed by atoms with Gasteiger partial charge in [-0.2, -0.15) is 0 Å². The van der Waals surface area contributed by atoms with Gasteiger partial charge in [-0.1, -0.05) is 66.7 Å². The number of imide groups is 1. The number of hydrogen-bond acceptors (Lipinski definition) is 4. The Hall–Kier alpha value is -3.45. The number of carbonyl (C=O) groups excluding carboxylic acids is 3. The average Bonchev–Trinajstić information content (AvgIpc) is 3.41. The lowest BCUT2D eigenvalue weighted by atomic mass is 9.92. The normalized spacial score (nSPS) is 18.8. The highest BCUT2D eigenvalue weighted by Crippen LogP contribution is 2.29. The van der Waals surface area contributed by atoms with Crippen LogP contribution in [0.25, 0.3) is 0 Å². The summed E-state index contributed by atoms with van der Waals surface area (Å²) in [4.78, 5) is 43.4. The highest BCUT2D eigenvalue weighted by molar-refractivity contribution is 7.09. The van der Waals surface area contributed by atoms with E-state index in [1.54, 1.807) is 35.3 Å². The van der Waals surface area contributed by atoms with Crippen LogP contribution < -0.4 is 5.32 Å². The van der Waals surface area contributed by atoms with Crippen molar-refractivity contribution in [2.75, 3.05) is 6.54 Å². The summed E-state index contributed by atoms with van der Waals surface area (Å²) in [6.45, 7) is 3.79. The summed E-state index contributed by atoms with van der Waals surface area (Å²) in [6.07, 6.45) is 0.706. The molecule has 1 fully saturated rings. The van der Waals surface area contributed by atoms with Gasteiger partial charge in [0.05, 0.1) is 0 Å². The number of rotatable bonds is 8. The van der Waals surface area contributed by atoms with Gasteiger partial charge in [0.2, 0.25) is 5.91 Å². The van der Waals surface area contributed by atoms with E-state index in [0.29, 0.717) is 18.5 Å². The van der Waals surface area contributed by atoms with E-state index in [4.69, 9.17) is 0 Å². The topological polar surface area (TPSA) is 69.7 Å². The molecule has 170 valence electrons. The predicted molar refractivity (Wildman–Crippen MR) is 129 cm³/mol. The smallest absolute Gasteiger partial charge is 0.325 e. The molecule has 1 saturated heterocycles. The SMILES string of the molecule is C[C@H](Cc1cccs1)N(Cc1ccccc1)C(=O)CN1C(=O)N[C@@](C)(c2ccccc2)C1=O. The third-order valence-electron chi connectivity index (χ3n) is 6.04. The van der Waals surface area contributed by atoms with Crippen LogP contribution in [0.2, 0.25) is 0 Å². The quantitative estimate of drug-likeness (QED) is 0.512. The van der Waals surface area contributed by atoms with Crippen molar-refractivity contribution >= 4 is 29.2 Å². The summed E-state index contributed by atoms with van der Waals surface area (Å²) in [5.74, 6) is -0.679. The van der Waals surface area contributed by atoms with E-state index >= 15 is 0 Å². The highest BCUT2D eigenvalue weighted by atomic mass is 32.1. The summed E-state index contributed by atoms with van der Waals surface area (Å²) in [6, 6.07) is 22.2. The first-order chi connectivity index (χ1) is 15.9. The van der Waals surface area contributed by atoms with Gasteiger partial charge in [-0.15, -0.1) is 11.3 Å². The van der Waals surface area contributed by atoms with E-state index in [0.717, 1.165) is 10.5 Å². The van der Waals surface area contributed by atoms with Crippen LogP contribution in [0.3, 0.4) is 0 Å². The van der Waals surface area contributed by atoms with E-state index in [-0.39, 0.29) is 18.5 Å². The second kappa shape index (κ2) is 9.58. The van der Waals surface area contributed by atoms with Crippen molar-refractivity contribution in [1.82, 2.24) is 15.1 Å². The fraction of sp³-hybridized carbons (Fsp3) is 0.269. The Morgan fingerprint density at radius 3 is 2.33 bits per heavy atom. The molecule has 2 atom stereocenters. The number of nitrogens with one attached hydrogen (secondary N) is 1. The van der Waals surface area contributed by atoms with Crippen LogP contribution >= 0.6 is 11.3 Å². The Labute approximate surface area is 197 Å². The molecule has 1 N–H and O–H groups in total. The molecule has 1 aliphatic rings. The lowest BCUT2D eigenvalue weighted by molar-refractivity contribution is -0.140. The Kier molecular flexibility index (Phi) is 6.60. The van der Waals surface area contributed by atoms with E-state index in [1.165, 1.54) is 4.88 Å². The largest absolute Gasteiger partial charge is 0.334 e. The molecule has 0 saturated carbocycles. The summed E-state index contributed by atoms with van der Waals surface area (Å²) in [5.41, 5.74) is 0.492. The lowest BCUT2D eigenvalue weighted by Crippen LogP contribution is -2.47. The maximum absolute atomic E-state index is 13.5. The van der Waals surface area contributed by atoms with Crippen molar-refractivity contribution in [3.63, 3.8) is 0 Å². The first-order valence-electron chi connectivity index (χ1n) is 10.9. The van der Waals surface area contributed by atoms with Crippen LogP contribution in [0.4, 0.5) is 4.79 Å². The molecule has 4 amide bonds. The fourth-order valence-corrected chi connectivity index (χ4v) is 4.96. The van der Waals surface area contributed by atoms with E-state index in [2.05, 4.69) is 11.4 Å². The molecule has 0 spiro atoms. The van der Waals surface area contributed by atoms with E-state index in [9.17, 15) is 14.4 Å². The zero-order valence-corrected chi connectivity index (χ0v) is 19.5. The molecule has 3 aromatic rings. The molecule has 4 rings (SSSR count). The molecule has 0 bridgehead atoms. The molecule has 1 aliphatic heterocycles. The molecule has 0 unspecified atom stereocenters. The molecule has 2 heterocycles. The Morgan fingerprint density at radius 1 is 1.03 bits per heavy atom. The fourth-order valence-electron chi connectivity index (χ4n) is 4.13. The average molecular weight is 462 g/mol. The van der Waals surface area contributed by atoms with Gasteiger partial charge >= 0.3 is 6.03 Å². The Balaban J connectivity index is 1.54. The standard InChI is InChI=1S/C26H27N3O3S/c1-19(16-22-14-9-15-33-22)28(17-20-10-5-3-6-11-20)23(30)18-29-24(31)26(2,27-25(29)32)21-12-7-4-8-13-21/h3-15,19H,16-18H2,1-2H3,(H,27,32)/t19-,26+/m1/s1. The number of benzene rings is 2. The van der Waals surface area contributed by atoms with Gasteiger partial charge in [0.25, 0.3) is 5.91 Å². The van der Waals surface area contributed by atoms with Crippen molar-refractivity contribution < 1.29 is 14.4 Å². The first-order valence-corrected chi connectivity index (χ1v) is 11.8. The molecule has 0 radical (unpaired) electrons. The Morgan fingerprint density at radius 2 is 1.70 bits per heavy atom. The monoisotopic (exact) mass is 461 g/mol. The van der Waals surface area contributed by atoms with Gasteiger partial charge in [-0.05, 0) is 36.4 Å². The molecular formula is C26H27N3O3S. The van der Waals surface area contributed by atoms with Gasteiger partial charge in [0, 0.05) is 23.9 Å². The number of hydrogen-bond donors (Lipinski definition) is 1. The first kappa shape index (κ1) is 22.7. The van der Waals surface area contributed by atoms with Crippen LogP contribution in [0.15, 0.2) is 78.2 Å². The van der Waals surface area contributed by atoms with Gasteiger partial charge in [0.1, 0.15) is 12.1 Å². The van der Waals surface area contributed by atoms with Crippen molar-refractivity contribution in [2.45, 2.75) is 38.4 Å². The van der Waals surface area contributed by atoms with Gasteiger partial charge in [0.15, 0.2) is 0 Å². The van der Waals surface area contributed by atoms with Crippen molar-refractivity contribution in [3.8, 4) is 0 Å². The minimum absolute atomic E-state index is 0.0994. The van der Waals surface area contributed by atoms with Crippen molar-refractivity contribution in [3.05, 3.63) is 94.2 Å². The van der Waals surface area contributed by atoms with Crippen LogP contribution in [-0.2, 0) is 28.1 Å². The molecule has 6 nitrogen and oxygen atoms in total. The molecular weight excluding hydrogens is 434 g/mol. The zero-order chi connectivity index (χ0) is 23.4. The summed E-state index contributed by atoms with van der Waals surface area (Å²) in [7, 11) is 0. The second-order valence-corrected chi connectivity index (χ2v) is 9.48. The molecule has 33 heavy (non-hydrogen) atoms. The molecule has 0 aliphatic carbocycles. The third kappa shape index (κ3) is 4.83. The maximum atomic E-state index is 13.5. The molecule has 1 aromatic heterocycles.